The predicted octanol–water partition coefficient (Wildman–Crippen LogP) is 3.75. The zero-order valence-electron chi connectivity index (χ0n) is 13.6. The van der Waals surface area contributed by atoms with E-state index in [2.05, 4.69) is 22.5 Å². The Balaban J connectivity index is 1.95. The molecule has 23 heavy (non-hydrogen) atoms. The monoisotopic (exact) mass is 313 g/mol. The van der Waals surface area contributed by atoms with Crippen LogP contribution in [0.1, 0.15) is 36.7 Å². The summed E-state index contributed by atoms with van der Waals surface area (Å²) in [6.45, 7) is 2.83. The molecule has 5 nitrogen and oxygen atoms in total. The Morgan fingerprint density at radius 1 is 1.17 bits per heavy atom. The fourth-order valence-electron chi connectivity index (χ4n) is 2.17. The number of aromatic nitrogens is 1. The number of carbonyl (C=O) groups excluding carboxylic acids is 1. The van der Waals surface area contributed by atoms with Gasteiger partial charge in [0.05, 0.1) is 24.7 Å². The fraction of sp³-hybridized carbons (Fsp3) is 0.333. The molecule has 0 saturated heterocycles. The molecule has 2 rings (SSSR count). The van der Waals surface area contributed by atoms with Crippen LogP contribution in [0.2, 0.25) is 0 Å². The summed E-state index contributed by atoms with van der Waals surface area (Å²) >= 11 is 0. The van der Waals surface area contributed by atoms with Crippen molar-refractivity contribution in [2.75, 3.05) is 19.0 Å². The lowest BCUT2D eigenvalue weighted by atomic mass is 10.2. The summed E-state index contributed by atoms with van der Waals surface area (Å²) in [6.07, 6.45) is 4.90. The molecule has 0 bridgehead atoms. The number of hydrogen-bond donors (Lipinski definition) is 2. The van der Waals surface area contributed by atoms with Gasteiger partial charge in [0.1, 0.15) is 11.4 Å². The van der Waals surface area contributed by atoms with Gasteiger partial charge in [-0.3, -0.25) is 4.79 Å². The van der Waals surface area contributed by atoms with Crippen molar-refractivity contribution in [3.05, 3.63) is 48.3 Å². The number of anilines is 2. The molecule has 0 aliphatic heterocycles. The minimum Gasteiger partial charge on any atom is -0.495 e. The van der Waals surface area contributed by atoms with Gasteiger partial charge in [-0.2, -0.15) is 0 Å². The molecule has 0 spiro atoms. The lowest BCUT2D eigenvalue weighted by Gasteiger charge is -2.11. The molecule has 0 saturated carbocycles. The summed E-state index contributed by atoms with van der Waals surface area (Å²) in [5, 5.41) is 6.11. The van der Waals surface area contributed by atoms with Crippen molar-refractivity contribution in [3.63, 3.8) is 0 Å². The lowest BCUT2D eigenvalue weighted by Crippen LogP contribution is -2.25. The smallest absolute Gasteiger partial charge is 0.269 e. The second-order valence-corrected chi connectivity index (χ2v) is 5.22. The SMILES string of the molecule is CCCCCNC(=O)c1ccc(Nc2ccccc2OC)cn1. The van der Waals surface area contributed by atoms with Crippen LogP contribution < -0.4 is 15.4 Å². The highest BCUT2D eigenvalue weighted by molar-refractivity contribution is 5.92. The number of benzene rings is 1. The highest BCUT2D eigenvalue weighted by Crippen LogP contribution is 2.26. The normalized spacial score (nSPS) is 10.2. The first-order chi connectivity index (χ1) is 11.2. The van der Waals surface area contributed by atoms with E-state index in [9.17, 15) is 4.79 Å². The van der Waals surface area contributed by atoms with Gasteiger partial charge in [-0.15, -0.1) is 0 Å². The fourth-order valence-corrected chi connectivity index (χ4v) is 2.17. The van der Waals surface area contributed by atoms with E-state index in [-0.39, 0.29) is 5.91 Å². The number of rotatable bonds is 8. The van der Waals surface area contributed by atoms with Crippen molar-refractivity contribution in [2.45, 2.75) is 26.2 Å². The molecule has 1 aromatic heterocycles. The number of para-hydroxylation sites is 2. The Labute approximate surface area is 137 Å². The van der Waals surface area contributed by atoms with Crippen LogP contribution in [0.15, 0.2) is 42.6 Å². The number of hydrogen-bond acceptors (Lipinski definition) is 4. The summed E-state index contributed by atoms with van der Waals surface area (Å²) in [4.78, 5) is 16.2. The van der Waals surface area contributed by atoms with E-state index in [1.807, 2.05) is 30.3 Å². The zero-order chi connectivity index (χ0) is 16.5. The number of nitrogens with one attached hydrogen (secondary N) is 2. The molecule has 2 N–H and O–H groups in total. The van der Waals surface area contributed by atoms with Crippen LogP contribution in [0.25, 0.3) is 0 Å². The Hall–Kier alpha value is -2.56. The minimum absolute atomic E-state index is 0.134. The molecule has 2 aromatic rings. The van der Waals surface area contributed by atoms with Crippen molar-refractivity contribution in [1.29, 1.82) is 0 Å². The van der Waals surface area contributed by atoms with Gasteiger partial charge in [0.25, 0.3) is 5.91 Å². The molecule has 1 heterocycles. The number of methoxy groups -OCH3 is 1. The second kappa shape index (κ2) is 8.78. The Morgan fingerprint density at radius 2 is 2.00 bits per heavy atom. The number of unbranched alkanes of at least 4 members (excludes halogenated alkanes) is 2. The molecule has 1 amide bonds. The first-order valence-corrected chi connectivity index (χ1v) is 7.89. The van der Waals surface area contributed by atoms with Crippen LogP contribution in [0.3, 0.4) is 0 Å². The first-order valence-electron chi connectivity index (χ1n) is 7.89. The van der Waals surface area contributed by atoms with Crippen molar-refractivity contribution in [3.8, 4) is 5.75 Å². The maximum absolute atomic E-state index is 12.0. The third-order valence-corrected chi connectivity index (χ3v) is 3.45. The molecular weight excluding hydrogens is 290 g/mol. The Bertz CT molecular complexity index is 626. The topological polar surface area (TPSA) is 63.2 Å². The highest BCUT2D eigenvalue weighted by atomic mass is 16.5. The maximum Gasteiger partial charge on any atom is 0.269 e. The van der Waals surface area contributed by atoms with Crippen molar-refractivity contribution in [2.24, 2.45) is 0 Å². The van der Waals surface area contributed by atoms with E-state index in [0.717, 1.165) is 36.4 Å². The minimum atomic E-state index is -0.134. The number of pyridine rings is 1. The molecule has 0 unspecified atom stereocenters. The van der Waals surface area contributed by atoms with E-state index in [1.165, 1.54) is 0 Å². The van der Waals surface area contributed by atoms with E-state index < -0.39 is 0 Å². The molecule has 122 valence electrons. The highest BCUT2D eigenvalue weighted by Gasteiger charge is 2.07. The molecule has 5 heteroatoms. The summed E-state index contributed by atoms with van der Waals surface area (Å²) in [7, 11) is 1.63. The predicted molar refractivity (Wildman–Crippen MR) is 92.4 cm³/mol. The third kappa shape index (κ3) is 4.98. The van der Waals surface area contributed by atoms with Crippen molar-refractivity contribution in [1.82, 2.24) is 10.3 Å². The average Bonchev–Trinajstić information content (AvgIpc) is 2.59. The number of carbonyl (C=O) groups is 1. The summed E-state index contributed by atoms with van der Waals surface area (Å²) in [5.74, 6) is 0.621. The molecular formula is C18H23N3O2. The largest absolute Gasteiger partial charge is 0.495 e. The van der Waals surface area contributed by atoms with E-state index in [1.54, 1.807) is 19.4 Å². The van der Waals surface area contributed by atoms with E-state index >= 15 is 0 Å². The number of ether oxygens (including phenoxy) is 1. The standard InChI is InChI=1S/C18H23N3O2/c1-3-4-7-12-19-18(22)16-11-10-14(13-20-16)21-15-8-5-6-9-17(15)23-2/h5-6,8-11,13,21H,3-4,7,12H2,1-2H3,(H,19,22). The number of nitrogens with zero attached hydrogens (tertiary/aromatic N) is 1. The van der Waals surface area contributed by atoms with Gasteiger partial charge in [0.15, 0.2) is 0 Å². The van der Waals surface area contributed by atoms with E-state index in [4.69, 9.17) is 4.74 Å². The molecule has 0 aliphatic carbocycles. The average molecular weight is 313 g/mol. The van der Waals surface area contributed by atoms with Gasteiger partial charge in [0, 0.05) is 6.54 Å². The molecule has 0 atom stereocenters. The molecule has 1 aromatic carbocycles. The molecule has 0 aliphatic rings. The van der Waals surface area contributed by atoms with Gasteiger partial charge in [-0.05, 0) is 30.7 Å². The van der Waals surface area contributed by atoms with Gasteiger partial charge >= 0.3 is 0 Å². The lowest BCUT2D eigenvalue weighted by molar-refractivity contribution is 0.0948. The van der Waals surface area contributed by atoms with Crippen molar-refractivity contribution >= 4 is 17.3 Å². The summed E-state index contributed by atoms with van der Waals surface area (Å²) in [6, 6.07) is 11.2. The van der Waals surface area contributed by atoms with Gasteiger partial charge in [-0.1, -0.05) is 31.9 Å². The zero-order valence-corrected chi connectivity index (χ0v) is 13.6. The van der Waals surface area contributed by atoms with Crippen LogP contribution in [-0.2, 0) is 0 Å². The molecule has 0 fully saturated rings. The van der Waals surface area contributed by atoms with Gasteiger partial charge in [-0.25, -0.2) is 4.98 Å². The first kappa shape index (κ1) is 16.8. The quantitative estimate of drug-likeness (QED) is 0.729. The third-order valence-electron chi connectivity index (χ3n) is 3.45. The van der Waals surface area contributed by atoms with Gasteiger partial charge < -0.3 is 15.4 Å². The Kier molecular flexibility index (Phi) is 6.41. The second-order valence-electron chi connectivity index (χ2n) is 5.22. The van der Waals surface area contributed by atoms with Crippen molar-refractivity contribution < 1.29 is 9.53 Å². The summed E-state index contributed by atoms with van der Waals surface area (Å²) < 4.78 is 5.30. The maximum atomic E-state index is 12.0. The number of amides is 1. The van der Waals surface area contributed by atoms with Crippen LogP contribution in [-0.4, -0.2) is 24.5 Å². The van der Waals surface area contributed by atoms with Gasteiger partial charge in [0.2, 0.25) is 0 Å². The summed E-state index contributed by atoms with van der Waals surface area (Å²) in [5.41, 5.74) is 2.08. The Morgan fingerprint density at radius 3 is 2.70 bits per heavy atom. The van der Waals surface area contributed by atoms with Crippen LogP contribution in [0, 0.1) is 0 Å². The van der Waals surface area contributed by atoms with E-state index in [0.29, 0.717) is 12.2 Å². The van der Waals surface area contributed by atoms with Crippen LogP contribution in [0.4, 0.5) is 11.4 Å². The van der Waals surface area contributed by atoms with Crippen LogP contribution in [0.5, 0.6) is 5.75 Å². The van der Waals surface area contributed by atoms with Crippen LogP contribution >= 0.6 is 0 Å². The molecule has 0 radical (unpaired) electrons.